The molecule has 2 rings (SSSR count). The van der Waals surface area contributed by atoms with Gasteiger partial charge in [0, 0.05) is 11.8 Å². The highest BCUT2D eigenvalue weighted by Crippen LogP contribution is 2.25. The molecule has 108 valence electrons. The third-order valence-corrected chi connectivity index (χ3v) is 2.69. The second-order valence-corrected chi connectivity index (χ2v) is 4.13. The Hall–Kier alpha value is -2.51. The highest BCUT2D eigenvalue weighted by Gasteiger charge is 2.16. The van der Waals surface area contributed by atoms with Gasteiger partial charge in [0.25, 0.3) is 5.91 Å². The van der Waals surface area contributed by atoms with Crippen molar-refractivity contribution in [3.05, 3.63) is 54.1 Å². The number of para-hydroxylation sites is 1. The number of hydrogen-bond donors (Lipinski definition) is 3. The first-order chi connectivity index (χ1) is 10.1. The van der Waals surface area contributed by atoms with Gasteiger partial charge in [-0.25, -0.2) is 0 Å². The number of rotatable bonds is 5. The lowest BCUT2D eigenvalue weighted by molar-refractivity contribution is 0.102. The summed E-state index contributed by atoms with van der Waals surface area (Å²) in [7, 11) is -0.521. The number of methoxy groups -OCH3 is 1. The molecule has 0 saturated heterocycles. The average Bonchev–Trinajstić information content (AvgIpc) is 2.47. The lowest BCUT2D eigenvalue weighted by Crippen LogP contribution is -2.20. The Balaban J connectivity index is 2.20. The van der Waals surface area contributed by atoms with Crippen LogP contribution in [-0.2, 0) is 0 Å². The fourth-order valence-electron chi connectivity index (χ4n) is 1.77. The van der Waals surface area contributed by atoms with Crippen molar-refractivity contribution in [1.82, 2.24) is 0 Å². The number of carbonyl (C=O) groups is 1. The van der Waals surface area contributed by atoms with Crippen LogP contribution in [0.15, 0.2) is 48.5 Å². The first-order valence-corrected chi connectivity index (χ1v) is 6.17. The van der Waals surface area contributed by atoms with Crippen molar-refractivity contribution in [2.75, 3.05) is 12.4 Å². The molecule has 0 bridgehead atoms. The standard InChI is InChI=1S/C14H14BNO5/c1-20-13-9-11(21-15(18)19)7-8-12(13)14(17)16-10-5-3-2-4-6-10/h2-9,18-19H,1H3,(H,16,17). The Labute approximate surface area is 122 Å². The predicted octanol–water partition coefficient (Wildman–Crippen LogP) is 1.30. The fourth-order valence-corrected chi connectivity index (χ4v) is 1.77. The van der Waals surface area contributed by atoms with Crippen LogP contribution in [0.5, 0.6) is 11.5 Å². The summed E-state index contributed by atoms with van der Waals surface area (Å²) in [5.74, 6) is 0.105. The zero-order chi connectivity index (χ0) is 15.2. The Bertz CT molecular complexity index is 618. The van der Waals surface area contributed by atoms with E-state index in [9.17, 15) is 4.79 Å². The van der Waals surface area contributed by atoms with Gasteiger partial charge in [0.2, 0.25) is 0 Å². The molecule has 0 atom stereocenters. The van der Waals surface area contributed by atoms with E-state index >= 15 is 0 Å². The normalized spacial score (nSPS) is 9.86. The van der Waals surface area contributed by atoms with Crippen molar-refractivity contribution in [1.29, 1.82) is 0 Å². The molecule has 0 radical (unpaired) electrons. The van der Waals surface area contributed by atoms with E-state index in [2.05, 4.69) is 5.32 Å². The minimum Gasteiger partial charge on any atom is -0.512 e. The lowest BCUT2D eigenvalue weighted by atomic mass is 10.1. The van der Waals surface area contributed by atoms with Gasteiger partial charge in [-0.1, -0.05) is 18.2 Å². The van der Waals surface area contributed by atoms with E-state index in [1.165, 1.54) is 25.3 Å². The Kier molecular flexibility index (Phi) is 4.81. The first-order valence-electron chi connectivity index (χ1n) is 6.17. The summed E-state index contributed by atoms with van der Waals surface area (Å²) in [6.07, 6.45) is 0. The third-order valence-electron chi connectivity index (χ3n) is 2.69. The minimum atomic E-state index is -1.93. The molecule has 0 aliphatic rings. The predicted molar refractivity (Wildman–Crippen MR) is 78.2 cm³/mol. The summed E-state index contributed by atoms with van der Waals surface area (Å²) in [5, 5.41) is 20.2. The highest BCUT2D eigenvalue weighted by molar-refractivity contribution is 6.33. The van der Waals surface area contributed by atoms with Gasteiger partial charge in [0.15, 0.2) is 0 Å². The van der Waals surface area contributed by atoms with E-state index in [1.54, 1.807) is 12.1 Å². The average molecular weight is 287 g/mol. The molecule has 0 spiro atoms. The van der Waals surface area contributed by atoms with E-state index in [1.807, 2.05) is 18.2 Å². The van der Waals surface area contributed by atoms with Crippen LogP contribution >= 0.6 is 0 Å². The second-order valence-electron chi connectivity index (χ2n) is 4.13. The number of amides is 1. The maximum absolute atomic E-state index is 12.2. The van der Waals surface area contributed by atoms with Crippen molar-refractivity contribution in [2.45, 2.75) is 0 Å². The van der Waals surface area contributed by atoms with E-state index < -0.39 is 7.32 Å². The SMILES string of the molecule is COc1cc(OB(O)O)ccc1C(=O)Nc1ccccc1. The first kappa shape index (κ1) is 14.9. The van der Waals surface area contributed by atoms with Gasteiger partial charge in [0.1, 0.15) is 11.5 Å². The minimum absolute atomic E-state index is 0.179. The molecular weight excluding hydrogens is 273 g/mol. The molecule has 1 amide bonds. The van der Waals surface area contributed by atoms with E-state index in [0.29, 0.717) is 11.3 Å². The topological polar surface area (TPSA) is 88.0 Å². The summed E-state index contributed by atoms with van der Waals surface area (Å²) in [5.41, 5.74) is 0.969. The van der Waals surface area contributed by atoms with Crippen LogP contribution in [0.1, 0.15) is 10.4 Å². The number of anilines is 1. The second kappa shape index (κ2) is 6.78. The van der Waals surface area contributed by atoms with Crippen molar-refractivity contribution in [2.24, 2.45) is 0 Å². The number of hydrogen-bond acceptors (Lipinski definition) is 5. The van der Waals surface area contributed by atoms with Crippen LogP contribution in [0.3, 0.4) is 0 Å². The zero-order valence-electron chi connectivity index (χ0n) is 11.3. The molecule has 0 saturated carbocycles. The summed E-state index contributed by atoms with van der Waals surface area (Å²) in [4.78, 5) is 12.2. The Morgan fingerprint density at radius 3 is 2.48 bits per heavy atom. The molecule has 0 unspecified atom stereocenters. The molecule has 6 nitrogen and oxygen atoms in total. The fraction of sp³-hybridized carbons (Fsp3) is 0.0714. The van der Waals surface area contributed by atoms with Crippen LogP contribution in [0.4, 0.5) is 5.69 Å². The van der Waals surface area contributed by atoms with Gasteiger partial charge in [-0.05, 0) is 24.3 Å². The van der Waals surface area contributed by atoms with Gasteiger partial charge in [-0.15, -0.1) is 0 Å². The smallest absolute Gasteiger partial charge is 0.512 e. The van der Waals surface area contributed by atoms with Crippen LogP contribution in [0, 0.1) is 0 Å². The maximum Gasteiger partial charge on any atom is 0.707 e. The van der Waals surface area contributed by atoms with Crippen molar-refractivity contribution >= 4 is 18.9 Å². The van der Waals surface area contributed by atoms with Gasteiger partial charge < -0.3 is 24.8 Å². The molecule has 0 aliphatic carbocycles. The van der Waals surface area contributed by atoms with E-state index in [4.69, 9.17) is 19.4 Å². The monoisotopic (exact) mass is 287 g/mol. The van der Waals surface area contributed by atoms with Gasteiger partial charge in [-0.2, -0.15) is 0 Å². The quantitative estimate of drug-likeness (QED) is 0.721. The van der Waals surface area contributed by atoms with Crippen LogP contribution < -0.4 is 14.7 Å². The van der Waals surface area contributed by atoms with Crippen molar-refractivity contribution in [3.63, 3.8) is 0 Å². The molecule has 3 N–H and O–H groups in total. The van der Waals surface area contributed by atoms with E-state index in [-0.39, 0.29) is 17.4 Å². The van der Waals surface area contributed by atoms with Crippen molar-refractivity contribution < 1.29 is 24.2 Å². The number of carbonyl (C=O) groups excluding carboxylic acids is 1. The third kappa shape index (κ3) is 3.98. The molecule has 0 aliphatic heterocycles. The Morgan fingerprint density at radius 2 is 1.86 bits per heavy atom. The zero-order valence-corrected chi connectivity index (χ0v) is 11.3. The summed E-state index contributed by atoms with van der Waals surface area (Å²) in [6.45, 7) is 0. The van der Waals surface area contributed by atoms with Crippen LogP contribution in [0.25, 0.3) is 0 Å². The van der Waals surface area contributed by atoms with Gasteiger partial charge in [0.05, 0.1) is 12.7 Å². The largest absolute Gasteiger partial charge is 0.707 e. The van der Waals surface area contributed by atoms with Gasteiger partial charge in [-0.3, -0.25) is 4.79 Å². The summed E-state index contributed by atoms with van der Waals surface area (Å²) >= 11 is 0. The number of ether oxygens (including phenoxy) is 1. The number of nitrogens with one attached hydrogen (secondary N) is 1. The molecular formula is C14H14BNO5. The molecule has 0 heterocycles. The van der Waals surface area contributed by atoms with Gasteiger partial charge >= 0.3 is 7.32 Å². The lowest BCUT2D eigenvalue weighted by Gasteiger charge is -2.11. The summed E-state index contributed by atoms with van der Waals surface area (Å²) in [6, 6.07) is 13.3. The molecule has 2 aromatic carbocycles. The van der Waals surface area contributed by atoms with E-state index in [0.717, 1.165) is 0 Å². The highest BCUT2D eigenvalue weighted by atomic mass is 16.6. The molecule has 21 heavy (non-hydrogen) atoms. The van der Waals surface area contributed by atoms with Crippen LogP contribution in [-0.4, -0.2) is 30.4 Å². The Morgan fingerprint density at radius 1 is 1.14 bits per heavy atom. The van der Waals surface area contributed by atoms with Crippen LogP contribution in [0.2, 0.25) is 0 Å². The molecule has 2 aromatic rings. The maximum atomic E-state index is 12.2. The molecule has 0 fully saturated rings. The number of benzene rings is 2. The summed E-state index contributed by atoms with van der Waals surface area (Å²) < 4.78 is 9.83. The molecule has 7 heteroatoms. The molecule has 0 aromatic heterocycles. The van der Waals surface area contributed by atoms with Crippen molar-refractivity contribution in [3.8, 4) is 11.5 Å².